The number of para-hydroxylation sites is 1. The van der Waals surface area contributed by atoms with E-state index in [4.69, 9.17) is 5.73 Å². The summed E-state index contributed by atoms with van der Waals surface area (Å²) in [5, 5.41) is 35.6. The number of thiazole rings is 1. The molecular weight excluding hydrogens is 731 g/mol. The second kappa shape index (κ2) is 16.7. The van der Waals surface area contributed by atoms with Crippen LogP contribution in [0.1, 0.15) is 57.8 Å². The number of nitrogens with one attached hydrogen (secondary N) is 2. The van der Waals surface area contributed by atoms with E-state index < -0.39 is 35.9 Å². The summed E-state index contributed by atoms with van der Waals surface area (Å²) in [5.74, 6) is -0.947. The van der Waals surface area contributed by atoms with Crippen molar-refractivity contribution in [3.05, 3.63) is 83.6 Å². The van der Waals surface area contributed by atoms with Gasteiger partial charge in [0.2, 0.25) is 17.7 Å². The van der Waals surface area contributed by atoms with Gasteiger partial charge in [-0.25, -0.2) is 4.98 Å². The van der Waals surface area contributed by atoms with Crippen molar-refractivity contribution in [1.82, 2.24) is 35.6 Å². The van der Waals surface area contributed by atoms with Gasteiger partial charge in [0.1, 0.15) is 18.2 Å². The molecule has 6 rings (SSSR count). The number of aliphatic hydroxyl groups excluding tert-OH is 1. The van der Waals surface area contributed by atoms with Crippen molar-refractivity contribution in [3.8, 4) is 27.4 Å². The van der Waals surface area contributed by atoms with Crippen molar-refractivity contribution >= 4 is 40.6 Å². The lowest BCUT2D eigenvalue weighted by Crippen LogP contribution is -2.57. The summed E-state index contributed by atoms with van der Waals surface area (Å²) in [4.78, 5) is 51.7. The number of piperazine rings is 1. The SMILES string of the molecule is C=C(N[C@H](C)c1ccc(-c2scnc2C)cc1)[C@H]1C[C@H](O)CN1C(=O)[C@H](NC(=O)CC(=O)N1CCN(c2cc(-c3ccccc3O)nnc2N)CC1)C(C)(C)C. The van der Waals surface area contributed by atoms with Crippen LogP contribution in [0.15, 0.2) is 72.4 Å². The quantitative estimate of drug-likeness (QED) is 0.137. The first-order valence-electron chi connectivity index (χ1n) is 18.8. The normalized spacial score (nSPS) is 18.4. The van der Waals surface area contributed by atoms with E-state index in [0.29, 0.717) is 55.2 Å². The molecule has 2 aliphatic rings. The number of β-amino-alcohol motifs (C(OH)–C–C–N with tert-alkyl or cyclic N) is 1. The number of nitrogens with zero attached hydrogens (tertiary/aromatic N) is 6. The van der Waals surface area contributed by atoms with Crippen LogP contribution >= 0.6 is 11.3 Å². The number of carbonyl (C=O) groups is 3. The molecule has 2 aromatic carbocycles. The zero-order chi connectivity index (χ0) is 40.3. The third-order valence-corrected chi connectivity index (χ3v) is 11.4. The number of nitrogen functional groups attached to an aromatic ring is 1. The maximum Gasteiger partial charge on any atom is 0.246 e. The highest BCUT2D eigenvalue weighted by Gasteiger charge is 2.43. The van der Waals surface area contributed by atoms with Gasteiger partial charge in [-0.05, 0) is 48.6 Å². The van der Waals surface area contributed by atoms with Crippen LogP contribution in [0.5, 0.6) is 5.75 Å². The predicted molar refractivity (Wildman–Crippen MR) is 217 cm³/mol. The highest BCUT2D eigenvalue weighted by Crippen LogP contribution is 2.33. The number of phenols is 1. The van der Waals surface area contributed by atoms with Gasteiger partial charge >= 0.3 is 0 Å². The van der Waals surface area contributed by atoms with Gasteiger partial charge in [-0.1, -0.05) is 63.7 Å². The van der Waals surface area contributed by atoms with Gasteiger partial charge in [0.05, 0.1) is 39.6 Å². The van der Waals surface area contributed by atoms with Gasteiger partial charge < -0.3 is 41.3 Å². The lowest BCUT2D eigenvalue weighted by Gasteiger charge is -2.37. The van der Waals surface area contributed by atoms with Crippen molar-refractivity contribution in [2.75, 3.05) is 43.4 Å². The Hall–Kier alpha value is -5.54. The van der Waals surface area contributed by atoms with Crippen LogP contribution in [0.2, 0.25) is 0 Å². The zero-order valence-corrected chi connectivity index (χ0v) is 33.3. The summed E-state index contributed by atoms with van der Waals surface area (Å²) in [6.45, 7) is 15.5. The molecule has 56 heavy (non-hydrogen) atoms. The number of hydrogen-bond acceptors (Lipinski definition) is 12. The van der Waals surface area contributed by atoms with E-state index in [1.54, 1.807) is 51.5 Å². The number of aryl methyl sites for hydroxylation is 1. The van der Waals surface area contributed by atoms with Crippen LogP contribution in [0, 0.1) is 12.3 Å². The molecule has 3 amide bonds. The van der Waals surface area contributed by atoms with Gasteiger partial charge in [0.15, 0.2) is 5.82 Å². The molecule has 6 N–H and O–H groups in total. The summed E-state index contributed by atoms with van der Waals surface area (Å²) in [5.41, 5.74) is 12.7. The van der Waals surface area contributed by atoms with Gasteiger partial charge in [-0.3, -0.25) is 14.4 Å². The van der Waals surface area contributed by atoms with Crippen LogP contribution in [-0.4, -0.2) is 104 Å². The molecule has 14 nitrogen and oxygen atoms in total. The van der Waals surface area contributed by atoms with Crippen LogP contribution in [0.25, 0.3) is 21.7 Å². The average molecular weight is 782 g/mol. The average Bonchev–Trinajstić information content (AvgIpc) is 3.79. The summed E-state index contributed by atoms with van der Waals surface area (Å²) < 4.78 is 0. The van der Waals surface area contributed by atoms with E-state index in [2.05, 4.69) is 56.7 Å². The third kappa shape index (κ3) is 8.95. The number of carbonyl (C=O) groups excluding carboxylic acids is 3. The molecule has 2 aromatic heterocycles. The number of benzene rings is 2. The second-order valence-electron chi connectivity index (χ2n) is 15.6. The first kappa shape index (κ1) is 40.1. The molecule has 4 atom stereocenters. The minimum absolute atomic E-state index is 0.0766. The monoisotopic (exact) mass is 781 g/mol. The van der Waals surface area contributed by atoms with Crippen LogP contribution in [0.3, 0.4) is 0 Å². The maximum atomic E-state index is 14.2. The molecule has 15 heteroatoms. The minimum atomic E-state index is -0.958. The van der Waals surface area contributed by atoms with Crippen LogP contribution < -0.4 is 21.3 Å². The zero-order valence-electron chi connectivity index (χ0n) is 32.5. The standard InChI is InChI=1S/C41H51N9O5S/c1-24(27-11-13-28(14-12-27)37-26(3)43-23-56-37)44-25(2)32-19-29(51)22-50(32)40(55)38(41(4,5)6)45-35(53)21-36(54)49-17-15-48(16-18-49)33-20-31(46-47-39(33)42)30-9-7-8-10-34(30)52/h7-14,20,23-24,29,32,38,44,51-52H,2,15-19,21-22H2,1,3-6H3,(H2,42,47)(H,45,53)/t24-,29+,32-,38+/m1/s1. The Kier molecular flexibility index (Phi) is 12.0. The molecule has 0 bridgehead atoms. The molecule has 2 saturated heterocycles. The maximum absolute atomic E-state index is 14.2. The topological polar surface area (TPSA) is 190 Å². The Balaban J connectivity index is 1.05. The number of likely N-dealkylation sites (tertiary alicyclic amines) is 1. The molecule has 0 spiro atoms. The molecule has 2 aliphatic heterocycles. The first-order valence-corrected chi connectivity index (χ1v) is 19.7. The summed E-state index contributed by atoms with van der Waals surface area (Å²) in [7, 11) is 0. The Morgan fingerprint density at radius 3 is 2.38 bits per heavy atom. The molecule has 0 aliphatic carbocycles. The van der Waals surface area contributed by atoms with E-state index in [9.17, 15) is 24.6 Å². The molecule has 0 saturated carbocycles. The second-order valence-corrected chi connectivity index (χ2v) is 16.5. The summed E-state index contributed by atoms with van der Waals surface area (Å²) >= 11 is 1.60. The number of phenolic OH excluding ortho intramolecular Hbond substituents is 1. The summed E-state index contributed by atoms with van der Waals surface area (Å²) in [6, 6.07) is 15.3. The van der Waals surface area contributed by atoms with Crippen LogP contribution in [0.4, 0.5) is 11.5 Å². The minimum Gasteiger partial charge on any atom is -0.507 e. The molecule has 0 radical (unpaired) electrons. The Labute approximate surface area is 331 Å². The van der Waals surface area contributed by atoms with E-state index in [1.165, 1.54) is 0 Å². The Morgan fingerprint density at radius 2 is 1.73 bits per heavy atom. The van der Waals surface area contributed by atoms with E-state index >= 15 is 0 Å². The summed E-state index contributed by atoms with van der Waals surface area (Å²) in [6.07, 6.45) is -0.873. The lowest BCUT2D eigenvalue weighted by molar-refractivity contribution is -0.142. The first-order chi connectivity index (χ1) is 26.6. The number of nitrogens with two attached hydrogens (primary N) is 1. The highest BCUT2D eigenvalue weighted by atomic mass is 32.1. The van der Waals surface area contributed by atoms with Crippen molar-refractivity contribution in [3.63, 3.8) is 0 Å². The van der Waals surface area contributed by atoms with Gasteiger partial charge in [-0.2, -0.15) is 0 Å². The van der Waals surface area contributed by atoms with Crippen molar-refractivity contribution in [2.45, 2.75) is 71.7 Å². The number of hydrogen-bond donors (Lipinski definition) is 5. The number of aromatic nitrogens is 3. The smallest absolute Gasteiger partial charge is 0.246 e. The molecule has 4 aromatic rings. The van der Waals surface area contributed by atoms with Gasteiger partial charge in [0.25, 0.3) is 0 Å². The largest absolute Gasteiger partial charge is 0.507 e. The number of amides is 3. The molecule has 296 valence electrons. The molecule has 0 unspecified atom stereocenters. The van der Waals surface area contributed by atoms with Crippen LogP contribution in [-0.2, 0) is 14.4 Å². The van der Waals surface area contributed by atoms with Crippen molar-refractivity contribution in [2.24, 2.45) is 5.41 Å². The fourth-order valence-electron chi connectivity index (χ4n) is 7.29. The Bertz CT molecular complexity index is 2070. The fourth-order valence-corrected chi connectivity index (χ4v) is 8.10. The molecule has 4 heterocycles. The molecular formula is C41H51N9O5S. The predicted octanol–water partition coefficient (Wildman–Crippen LogP) is 4.26. The number of anilines is 2. The number of aromatic hydroxyl groups is 1. The number of rotatable bonds is 11. The van der Waals surface area contributed by atoms with E-state index in [-0.39, 0.29) is 36.0 Å². The molecule has 2 fully saturated rings. The third-order valence-electron chi connectivity index (χ3n) is 10.5. The fraction of sp³-hybridized carbons (Fsp3) is 0.415. The van der Waals surface area contributed by atoms with Gasteiger partial charge in [0, 0.05) is 56.4 Å². The van der Waals surface area contributed by atoms with E-state index in [0.717, 1.165) is 21.7 Å². The highest BCUT2D eigenvalue weighted by molar-refractivity contribution is 7.13. The Morgan fingerprint density at radius 1 is 1.04 bits per heavy atom. The van der Waals surface area contributed by atoms with Gasteiger partial charge in [-0.15, -0.1) is 21.5 Å². The number of aliphatic hydroxyl groups is 1. The van der Waals surface area contributed by atoms with Crippen molar-refractivity contribution in [1.29, 1.82) is 0 Å². The lowest BCUT2D eigenvalue weighted by atomic mass is 9.85. The van der Waals surface area contributed by atoms with Crippen molar-refractivity contribution < 1.29 is 24.6 Å². The van der Waals surface area contributed by atoms with E-state index in [1.807, 2.05) is 45.0 Å².